The Labute approximate surface area is 80.1 Å². The maximum absolute atomic E-state index is 11.1. The molecule has 0 aromatic rings. The van der Waals surface area contributed by atoms with Crippen LogP contribution < -0.4 is 0 Å². The van der Waals surface area contributed by atoms with Crippen LogP contribution in [-0.4, -0.2) is 13.1 Å². The Balaban J connectivity index is 0.00000121. The van der Waals surface area contributed by atoms with Gasteiger partial charge in [0.25, 0.3) is 0 Å². The van der Waals surface area contributed by atoms with Gasteiger partial charge in [0, 0.05) is 0 Å². The van der Waals surface area contributed by atoms with Crippen molar-refractivity contribution in [3.05, 3.63) is 0 Å². The van der Waals surface area contributed by atoms with Crippen molar-refractivity contribution in [1.29, 1.82) is 0 Å². The van der Waals surface area contributed by atoms with E-state index in [1.54, 1.807) is 0 Å². The van der Waals surface area contributed by atoms with Gasteiger partial charge >= 0.3 is 5.97 Å². The van der Waals surface area contributed by atoms with Gasteiger partial charge in [0.1, 0.15) is 0 Å². The first-order valence-electron chi connectivity index (χ1n) is 4.42. The van der Waals surface area contributed by atoms with Crippen LogP contribution in [0, 0.1) is 5.92 Å². The number of rotatable bonds is 1. The van der Waals surface area contributed by atoms with Crippen molar-refractivity contribution in [3.8, 4) is 0 Å². The van der Waals surface area contributed by atoms with Crippen molar-refractivity contribution in [2.75, 3.05) is 7.11 Å². The zero-order valence-electron chi connectivity index (χ0n) is 7.54. The molecule has 0 aliphatic heterocycles. The summed E-state index contributed by atoms with van der Waals surface area (Å²) in [6.45, 7) is 0. The van der Waals surface area contributed by atoms with E-state index in [9.17, 15) is 4.79 Å². The maximum Gasteiger partial charge on any atom is 0.308 e. The van der Waals surface area contributed by atoms with Crippen molar-refractivity contribution >= 4 is 18.4 Å². The predicted molar refractivity (Wildman–Crippen MR) is 50.5 cm³/mol. The fourth-order valence-corrected chi connectivity index (χ4v) is 1.68. The molecule has 0 radical (unpaired) electrons. The van der Waals surface area contributed by atoms with Crippen LogP contribution in [0.25, 0.3) is 0 Å². The topological polar surface area (TPSA) is 26.3 Å². The largest absolute Gasteiger partial charge is 0.469 e. The minimum atomic E-state index is -0.00750. The molecular weight excluding hydrogens is 176 g/mol. The minimum absolute atomic E-state index is 0. The van der Waals surface area contributed by atoms with Gasteiger partial charge in [-0.1, -0.05) is 25.7 Å². The van der Waals surface area contributed by atoms with E-state index in [2.05, 4.69) is 0 Å². The summed E-state index contributed by atoms with van der Waals surface area (Å²) in [6, 6.07) is 0. The van der Waals surface area contributed by atoms with Gasteiger partial charge in [0.05, 0.1) is 13.0 Å². The molecule has 0 unspecified atom stereocenters. The fraction of sp³-hybridized carbons (Fsp3) is 0.889. The quantitative estimate of drug-likeness (QED) is 0.472. The highest BCUT2D eigenvalue weighted by atomic mass is 35.5. The monoisotopic (exact) mass is 192 g/mol. The SMILES string of the molecule is COC(=O)C1CCCCCC1.Cl. The van der Waals surface area contributed by atoms with E-state index in [0.29, 0.717) is 0 Å². The summed E-state index contributed by atoms with van der Waals surface area (Å²) in [5, 5.41) is 0. The maximum atomic E-state index is 11.1. The van der Waals surface area contributed by atoms with Crippen LogP contribution in [0.5, 0.6) is 0 Å². The van der Waals surface area contributed by atoms with Crippen LogP contribution in [0.3, 0.4) is 0 Å². The van der Waals surface area contributed by atoms with Crippen molar-refractivity contribution in [2.45, 2.75) is 38.5 Å². The second-order valence-electron chi connectivity index (χ2n) is 3.21. The van der Waals surface area contributed by atoms with E-state index in [0.717, 1.165) is 12.8 Å². The summed E-state index contributed by atoms with van der Waals surface area (Å²) in [7, 11) is 1.48. The van der Waals surface area contributed by atoms with Crippen LogP contribution in [0.2, 0.25) is 0 Å². The third kappa shape index (κ3) is 3.44. The molecule has 0 bridgehead atoms. The molecule has 1 aliphatic carbocycles. The van der Waals surface area contributed by atoms with Gasteiger partial charge in [-0.25, -0.2) is 0 Å². The van der Waals surface area contributed by atoms with E-state index < -0.39 is 0 Å². The molecule has 1 rings (SSSR count). The third-order valence-corrected chi connectivity index (χ3v) is 2.39. The van der Waals surface area contributed by atoms with Gasteiger partial charge in [-0.05, 0) is 12.8 Å². The molecule has 0 spiro atoms. The lowest BCUT2D eigenvalue weighted by atomic mass is 10.0. The molecule has 72 valence electrons. The van der Waals surface area contributed by atoms with Gasteiger partial charge < -0.3 is 4.74 Å². The number of carbonyl (C=O) groups excluding carboxylic acids is 1. The Morgan fingerprint density at radius 2 is 1.67 bits per heavy atom. The molecule has 3 heteroatoms. The Hall–Kier alpha value is -0.240. The van der Waals surface area contributed by atoms with Crippen LogP contribution in [0.15, 0.2) is 0 Å². The van der Waals surface area contributed by atoms with Gasteiger partial charge in [-0.15, -0.1) is 12.4 Å². The van der Waals surface area contributed by atoms with Crippen molar-refractivity contribution in [2.24, 2.45) is 5.92 Å². The normalized spacial score (nSPS) is 19.1. The standard InChI is InChI=1S/C9H16O2.ClH/c1-11-9(10)8-6-4-2-3-5-7-8;/h8H,2-7H2,1H3;1H. The average molecular weight is 193 g/mol. The average Bonchev–Trinajstić information content (AvgIpc) is 2.30. The van der Waals surface area contributed by atoms with Crippen LogP contribution in [0.1, 0.15) is 38.5 Å². The fourth-order valence-electron chi connectivity index (χ4n) is 1.68. The van der Waals surface area contributed by atoms with Crippen molar-refractivity contribution < 1.29 is 9.53 Å². The second-order valence-corrected chi connectivity index (χ2v) is 3.21. The molecule has 1 aliphatic rings. The number of esters is 1. The molecule has 0 heterocycles. The van der Waals surface area contributed by atoms with Gasteiger partial charge in [-0.3, -0.25) is 4.79 Å². The highest BCUT2D eigenvalue weighted by molar-refractivity contribution is 5.85. The number of carbonyl (C=O) groups is 1. The number of ether oxygens (including phenoxy) is 1. The molecule has 0 aromatic carbocycles. The summed E-state index contributed by atoms with van der Waals surface area (Å²) in [6.07, 6.45) is 7.03. The molecule has 0 atom stereocenters. The highest BCUT2D eigenvalue weighted by Gasteiger charge is 2.19. The van der Waals surface area contributed by atoms with Crippen LogP contribution in [0.4, 0.5) is 0 Å². The number of hydrogen-bond donors (Lipinski definition) is 0. The molecule has 1 saturated carbocycles. The predicted octanol–water partition coefficient (Wildman–Crippen LogP) is 2.55. The molecular formula is C9H17ClO2. The van der Waals surface area contributed by atoms with Crippen LogP contribution >= 0.6 is 12.4 Å². The summed E-state index contributed by atoms with van der Waals surface area (Å²) in [5.74, 6) is 0.189. The summed E-state index contributed by atoms with van der Waals surface area (Å²) >= 11 is 0. The Kier molecular flexibility index (Phi) is 6.17. The Morgan fingerprint density at radius 1 is 1.17 bits per heavy atom. The zero-order chi connectivity index (χ0) is 8.10. The number of hydrogen-bond acceptors (Lipinski definition) is 2. The minimum Gasteiger partial charge on any atom is -0.469 e. The smallest absolute Gasteiger partial charge is 0.308 e. The first-order chi connectivity index (χ1) is 5.34. The number of halogens is 1. The van der Waals surface area contributed by atoms with Crippen molar-refractivity contribution in [1.82, 2.24) is 0 Å². The third-order valence-electron chi connectivity index (χ3n) is 2.39. The molecule has 2 nitrogen and oxygen atoms in total. The zero-order valence-corrected chi connectivity index (χ0v) is 8.36. The molecule has 0 N–H and O–H groups in total. The second kappa shape index (κ2) is 6.30. The summed E-state index contributed by atoms with van der Waals surface area (Å²) in [5.41, 5.74) is 0. The summed E-state index contributed by atoms with van der Waals surface area (Å²) < 4.78 is 4.71. The lowest BCUT2D eigenvalue weighted by Crippen LogP contribution is -2.14. The van der Waals surface area contributed by atoms with E-state index in [1.165, 1.54) is 32.8 Å². The first kappa shape index (κ1) is 11.8. The molecule has 0 amide bonds. The van der Waals surface area contributed by atoms with Gasteiger partial charge in [-0.2, -0.15) is 0 Å². The van der Waals surface area contributed by atoms with E-state index in [4.69, 9.17) is 4.74 Å². The van der Waals surface area contributed by atoms with Gasteiger partial charge in [0.2, 0.25) is 0 Å². The van der Waals surface area contributed by atoms with E-state index >= 15 is 0 Å². The Bertz CT molecular complexity index is 128. The Morgan fingerprint density at radius 3 is 2.08 bits per heavy atom. The number of methoxy groups -OCH3 is 1. The lowest BCUT2D eigenvalue weighted by molar-refractivity contribution is -0.145. The van der Waals surface area contributed by atoms with E-state index in [-0.39, 0.29) is 24.3 Å². The van der Waals surface area contributed by atoms with Gasteiger partial charge in [0.15, 0.2) is 0 Å². The first-order valence-corrected chi connectivity index (χ1v) is 4.42. The lowest BCUT2D eigenvalue weighted by Gasteiger charge is -2.09. The molecule has 1 fully saturated rings. The summed E-state index contributed by atoms with van der Waals surface area (Å²) in [4.78, 5) is 11.1. The highest BCUT2D eigenvalue weighted by Crippen LogP contribution is 2.23. The van der Waals surface area contributed by atoms with E-state index in [1.807, 2.05) is 0 Å². The molecule has 12 heavy (non-hydrogen) atoms. The van der Waals surface area contributed by atoms with Crippen LogP contribution in [-0.2, 0) is 9.53 Å². The molecule has 0 saturated heterocycles. The molecule has 0 aromatic heterocycles. The van der Waals surface area contributed by atoms with Crippen molar-refractivity contribution in [3.63, 3.8) is 0 Å².